The number of rotatable bonds is 7. The zero-order chi connectivity index (χ0) is 18.6. The first-order valence-electron chi connectivity index (χ1n) is 8.32. The van der Waals surface area contributed by atoms with Crippen LogP contribution in [-0.4, -0.2) is 48.0 Å². The lowest BCUT2D eigenvalue weighted by Gasteiger charge is -2.25. The van der Waals surface area contributed by atoms with Crippen LogP contribution in [0.15, 0.2) is 53.6 Å². The first-order valence-corrected chi connectivity index (χ1v) is 9.76. The summed E-state index contributed by atoms with van der Waals surface area (Å²) >= 11 is 0. The van der Waals surface area contributed by atoms with Gasteiger partial charge in [0.25, 0.3) is 0 Å². The van der Waals surface area contributed by atoms with Gasteiger partial charge in [-0.25, -0.2) is 13.2 Å². The first kappa shape index (κ1) is 18.5. The van der Waals surface area contributed by atoms with Crippen molar-refractivity contribution >= 4 is 16.0 Å². The molecule has 0 amide bonds. The maximum absolute atomic E-state index is 13.2. The number of sulfonamides is 1. The number of ether oxygens (including phenoxy) is 1. The second-order valence-corrected chi connectivity index (χ2v) is 7.96. The highest BCUT2D eigenvalue weighted by Gasteiger charge is 2.32. The molecule has 0 radical (unpaired) electrons. The number of hydrogen-bond acceptors (Lipinski definition) is 5. The maximum atomic E-state index is 13.2. The summed E-state index contributed by atoms with van der Waals surface area (Å²) in [6.07, 6.45) is 3.05. The molecule has 1 unspecified atom stereocenters. The van der Waals surface area contributed by atoms with E-state index in [0.717, 1.165) is 12.8 Å². The van der Waals surface area contributed by atoms with Crippen LogP contribution in [0, 0.1) is 0 Å². The van der Waals surface area contributed by atoms with Crippen LogP contribution < -0.4 is 0 Å². The van der Waals surface area contributed by atoms with Gasteiger partial charge in [0.1, 0.15) is 0 Å². The Labute approximate surface area is 152 Å². The van der Waals surface area contributed by atoms with E-state index in [0.29, 0.717) is 12.3 Å². The third kappa shape index (κ3) is 4.09. The summed E-state index contributed by atoms with van der Waals surface area (Å²) in [4.78, 5) is 15.4. The van der Waals surface area contributed by atoms with Crippen molar-refractivity contribution in [2.75, 3.05) is 13.2 Å². The van der Waals surface area contributed by atoms with Gasteiger partial charge in [-0.2, -0.15) is 4.31 Å². The number of benzene rings is 1. The summed E-state index contributed by atoms with van der Waals surface area (Å²) < 4.78 is 33.3. The summed E-state index contributed by atoms with van der Waals surface area (Å²) in [7, 11) is -4.03. The molecule has 0 bridgehead atoms. The molecule has 1 fully saturated rings. The standard InChI is InChI=1S/C18H20N2O5S/c21-18(22)16-8-1-2-9-17(16)26(23,24)20(13-15-7-5-11-25-15)12-14-6-3-4-10-19-14/h1-4,6,8-10,15H,5,7,11-13H2,(H,21,22). The Kier molecular flexibility index (Phi) is 5.65. The third-order valence-corrected chi connectivity index (χ3v) is 6.10. The molecule has 1 aromatic heterocycles. The topological polar surface area (TPSA) is 96.8 Å². The third-order valence-electron chi connectivity index (χ3n) is 4.23. The van der Waals surface area contributed by atoms with Gasteiger partial charge in [-0.15, -0.1) is 0 Å². The molecule has 1 N–H and O–H groups in total. The Morgan fingerprint density at radius 1 is 1.23 bits per heavy atom. The number of pyridine rings is 1. The Morgan fingerprint density at radius 2 is 2.00 bits per heavy atom. The maximum Gasteiger partial charge on any atom is 0.337 e. The Balaban J connectivity index is 1.97. The number of carbonyl (C=O) groups is 1. The van der Waals surface area contributed by atoms with Crippen LogP contribution in [0.25, 0.3) is 0 Å². The normalized spacial score (nSPS) is 17.5. The number of carboxylic acid groups (broad SMARTS) is 1. The fourth-order valence-corrected chi connectivity index (χ4v) is 4.57. The zero-order valence-corrected chi connectivity index (χ0v) is 14.9. The van der Waals surface area contributed by atoms with E-state index in [4.69, 9.17) is 4.74 Å². The lowest BCUT2D eigenvalue weighted by atomic mass is 10.2. The van der Waals surface area contributed by atoms with E-state index in [1.54, 1.807) is 24.4 Å². The highest BCUT2D eigenvalue weighted by atomic mass is 32.2. The van der Waals surface area contributed by atoms with Gasteiger partial charge in [0.05, 0.1) is 28.8 Å². The van der Waals surface area contributed by atoms with E-state index < -0.39 is 16.0 Å². The minimum atomic E-state index is -4.03. The minimum absolute atomic E-state index is 0.0526. The monoisotopic (exact) mass is 376 g/mol. The summed E-state index contributed by atoms with van der Waals surface area (Å²) in [6.45, 7) is 0.817. The van der Waals surface area contributed by atoms with Gasteiger partial charge in [0.15, 0.2) is 0 Å². The molecule has 0 aliphatic carbocycles. The van der Waals surface area contributed by atoms with Gasteiger partial charge in [-0.3, -0.25) is 4.98 Å². The summed E-state index contributed by atoms with van der Waals surface area (Å²) in [6, 6.07) is 10.9. The van der Waals surface area contributed by atoms with Gasteiger partial charge >= 0.3 is 5.97 Å². The van der Waals surface area contributed by atoms with Crippen molar-refractivity contribution in [3.05, 3.63) is 59.9 Å². The quantitative estimate of drug-likeness (QED) is 0.795. The summed E-state index contributed by atoms with van der Waals surface area (Å²) in [5, 5.41) is 9.36. The lowest BCUT2D eigenvalue weighted by molar-refractivity contribution is 0.0692. The Bertz CT molecular complexity index is 864. The molecule has 0 saturated carbocycles. The highest BCUT2D eigenvalue weighted by molar-refractivity contribution is 7.89. The van der Waals surface area contributed by atoms with Crippen molar-refractivity contribution in [2.24, 2.45) is 0 Å². The molecule has 7 nitrogen and oxygen atoms in total. The highest BCUT2D eigenvalue weighted by Crippen LogP contribution is 2.24. The second-order valence-electron chi connectivity index (χ2n) is 6.05. The van der Waals surface area contributed by atoms with Gasteiger partial charge in [-0.1, -0.05) is 18.2 Å². The molecular weight excluding hydrogens is 356 g/mol. The van der Waals surface area contributed by atoms with E-state index in [1.807, 2.05) is 0 Å². The minimum Gasteiger partial charge on any atom is -0.478 e. The molecule has 2 heterocycles. The second kappa shape index (κ2) is 7.94. The predicted molar refractivity (Wildman–Crippen MR) is 94.2 cm³/mol. The Hall–Kier alpha value is -2.29. The molecule has 1 aliphatic rings. The van der Waals surface area contributed by atoms with Crippen molar-refractivity contribution in [1.29, 1.82) is 0 Å². The van der Waals surface area contributed by atoms with Crippen molar-refractivity contribution in [1.82, 2.24) is 9.29 Å². The molecule has 138 valence electrons. The van der Waals surface area contributed by atoms with Crippen LogP contribution in [-0.2, 0) is 21.3 Å². The molecular formula is C18H20N2O5S. The molecule has 8 heteroatoms. The fraction of sp³-hybridized carbons (Fsp3) is 0.333. The summed E-state index contributed by atoms with van der Waals surface area (Å²) in [5.74, 6) is -1.28. The SMILES string of the molecule is O=C(O)c1ccccc1S(=O)(=O)N(Cc1ccccn1)CC1CCCO1. The van der Waals surface area contributed by atoms with Crippen LogP contribution in [0.5, 0.6) is 0 Å². The molecule has 0 spiro atoms. The van der Waals surface area contributed by atoms with Gasteiger partial charge in [-0.05, 0) is 37.1 Å². The van der Waals surface area contributed by atoms with Gasteiger partial charge in [0.2, 0.25) is 10.0 Å². The van der Waals surface area contributed by atoms with E-state index >= 15 is 0 Å². The van der Waals surface area contributed by atoms with Crippen LogP contribution >= 0.6 is 0 Å². The molecule has 3 rings (SSSR count). The van der Waals surface area contributed by atoms with E-state index in [2.05, 4.69) is 4.98 Å². The number of aromatic nitrogens is 1. The van der Waals surface area contributed by atoms with Crippen LogP contribution in [0.3, 0.4) is 0 Å². The lowest BCUT2D eigenvalue weighted by Crippen LogP contribution is -2.37. The van der Waals surface area contributed by atoms with Crippen molar-refractivity contribution < 1.29 is 23.1 Å². The number of hydrogen-bond donors (Lipinski definition) is 1. The molecule has 1 aliphatic heterocycles. The number of carboxylic acids is 1. The van der Waals surface area contributed by atoms with Crippen LogP contribution in [0.2, 0.25) is 0 Å². The molecule has 26 heavy (non-hydrogen) atoms. The first-order chi connectivity index (χ1) is 12.5. The largest absolute Gasteiger partial charge is 0.478 e. The van der Waals surface area contributed by atoms with E-state index in [1.165, 1.54) is 28.6 Å². The number of aromatic carboxylic acids is 1. The Morgan fingerprint density at radius 3 is 2.65 bits per heavy atom. The van der Waals surface area contributed by atoms with Gasteiger partial charge < -0.3 is 9.84 Å². The zero-order valence-electron chi connectivity index (χ0n) is 14.1. The van der Waals surface area contributed by atoms with Crippen molar-refractivity contribution in [3.8, 4) is 0 Å². The van der Waals surface area contributed by atoms with Gasteiger partial charge in [0, 0.05) is 19.3 Å². The molecule has 1 atom stereocenters. The molecule has 1 aromatic carbocycles. The van der Waals surface area contributed by atoms with Crippen molar-refractivity contribution in [3.63, 3.8) is 0 Å². The summed E-state index contributed by atoms with van der Waals surface area (Å²) in [5.41, 5.74) is 0.340. The van der Waals surface area contributed by atoms with Crippen LogP contribution in [0.4, 0.5) is 0 Å². The van der Waals surface area contributed by atoms with E-state index in [9.17, 15) is 18.3 Å². The van der Waals surface area contributed by atoms with Crippen molar-refractivity contribution in [2.45, 2.75) is 30.4 Å². The van der Waals surface area contributed by atoms with E-state index in [-0.39, 0.29) is 29.7 Å². The number of nitrogens with zero attached hydrogens (tertiary/aromatic N) is 2. The average Bonchev–Trinajstić information content (AvgIpc) is 3.15. The van der Waals surface area contributed by atoms with Crippen LogP contribution in [0.1, 0.15) is 28.9 Å². The average molecular weight is 376 g/mol. The fourth-order valence-electron chi connectivity index (χ4n) is 2.94. The smallest absolute Gasteiger partial charge is 0.337 e. The molecule has 1 saturated heterocycles. The predicted octanol–water partition coefficient (Wildman–Crippen LogP) is 2.15. The molecule has 2 aromatic rings.